The monoisotopic (exact) mass is 209 g/mol. The van der Waals surface area contributed by atoms with Gasteiger partial charge in [-0.25, -0.2) is 4.98 Å². The third-order valence-electron chi connectivity index (χ3n) is 2.30. The van der Waals surface area contributed by atoms with Crippen LogP contribution in [0, 0.1) is 12.3 Å². The van der Waals surface area contributed by atoms with Gasteiger partial charge in [-0.2, -0.15) is 0 Å². The Kier molecular flexibility index (Phi) is 2.88. The van der Waals surface area contributed by atoms with Crippen molar-refractivity contribution in [3.63, 3.8) is 0 Å². The molecule has 0 amide bonds. The van der Waals surface area contributed by atoms with Crippen molar-refractivity contribution in [3.8, 4) is 29.4 Å². The fourth-order valence-electron chi connectivity index (χ4n) is 1.55. The first-order valence-electron chi connectivity index (χ1n) is 4.91. The molecule has 0 aliphatic carbocycles. The van der Waals surface area contributed by atoms with Gasteiger partial charge in [0, 0.05) is 17.3 Å². The fraction of sp³-hybridized carbons (Fsp3) is 0.0714. The lowest BCUT2D eigenvalue weighted by atomic mass is 10.0. The first-order chi connectivity index (χ1) is 7.85. The van der Waals surface area contributed by atoms with Gasteiger partial charge in [0.15, 0.2) is 0 Å². The van der Waals surface area contributed by atoms with Gasteiger partial charge in [0.2, 0.25) is 5.88 Å². The maximum Gasteiger partial charge on any atom is 0.221 e. The summed E-state index contributed by atoms with van der Waals surface area (Å²) in [5.41, 5.74) is 2.81. The average Bonchev–Trinajstić information content (AvgIpc) is 2.38. The van der Waals surface area contributed by atoms with Crippen LogP contribution in [0.5, 0.6) is 5.88 Å². The van der Waals surface area contributed by atoms with Gasteiger partial charge in [-0.1, -0.05) is 18.1 Å². The predicted molar refractivity (Wildman–Crippen MR) is 64.2 cm³/mol. The largest absolute Gasteiger partial charge is 0.481 e. The third kappa shape index (κ3) is 1.89. The predicted octanol–water partition coefficient (Wildman–Crippen LogP) is 2.74. The lowest BCUT2D eigenvalue weighted by Crippen LogP contribution is -1.90. The maximum absolute atomic E-state index is 5.37. The summed E-state index contributed by atoms with van der Waals surface area (Å²) in [6, 6.07) is 11.6. The van der Waals surface area contributed by atoms with Gasteiger partial charge in [0.1, 0.15) is 0 Å². The Hall–Kier alpha value is -2.27. The summed E-state index contributed by atoms with van der Waals surface area (Å²) in [6.45, 7) is 0. The van der Waals surface area contributed by atoms with E-state index in [-0.39, 0.29) is 0 Å². The number of methoxy groups -OCH3 is 1. The molecule has 0 aliphatic rings. The smallest absolute Gasteiger partial charge is 0.221 e. The molecule has 2 aromatic rings. The molecule has 0 atom stereocenters. The molecule has 16 heavy (non-hydrogen) atoms. The number of pyridine rings is 1. The van der Waals surface area contributed by atoms with Gasteiger partial charge in [-0.05, 0) is 29.8 Å². The van der Waals surface area contributed by atoms with Crippen molar-refractivity contribution in [1.29, 1.82) is 0 Å². The second-order valence-corrected chi connectivity index (χ2v) is 3.29. The Morgan fingerprint density at radius 2 is 2.12 bits per heavy atom. The highest BCUT2D eigenvalue weighted by molar-refractivity contribution is 5.69. The molecule has 0 saturated carbocycles. The van der Waals surface area contributed by atoms with E-state index >= 15 is 0 Å². The Bertz CT molecular complexity index is 540. The molecule has 0 saturated heterocycles. The highest BCUT2D eigenvalue weighted by Crippen LogP contribution is 2.27. The average molecular weight is 209 g/mol. The summed E-state index contributed by atoms with van der Waals surface area (Å²) in [7, 11) is 1.61. The summed E-state index contributed by atoms with van der Waals surface area (Å²) in [4.78, 5) is 4.16. The number of terminal acetylenes is 1. The van der Waals surface area contributed by atoms with Crippen LogP contribution in [0.1, 0.15) is 5.56 Å². The number of aromatic nitrogens is 1. The molecule has 0 bridgehead atoms. The zero-order chi connectivity index (χ0) is 11.4. The van der Waals surface area contributed by atoms with Crippen molar-refractivity contribution in [1.82, 2.24) is 4.98 Å². The Labute approximate surface area is 94.9 Å². The molecule has 1 aromatic heterocycles. The van der Waals surface area contributed by atoms with Crippen LogP contribution in [-0.2, 0) is 0 Å². The first kappa shape index (κ1) is 10.3. The van der Waals surface area contributed by atoms with Crippen molar-refractivity contribution in [2.75, 3.05) is 7.11 Å². The third-order valence-corrected chi connectivity index (χ3v) is 2.30. The molecule has 0 N–H and O–H groups in total. The van der Waals surface area contributed by atoms with Gasteiger partial charge < -0.3 is 4.74 Å². The molecule has 0 radical (unpaired) electrons. The molecule has 2 nitrogen and oxygen atoms in total. The van der Waals surface area contributed by atoms with Crippen molar-refractivity contribution in [3.05, 3.63) is 48.2 Å². The van der Waals surface area contributed by atoms with Crippen LogP contribution in [0.25, 0.3) is 11.1 Å². The molecule has 78 valence electrons. The molecule has 1 heterocycles. The van der Waals surface area contributed by atoms with Crippen LogP contribution in [0.4, 0.5) is 0 Å². The van der Waals surface area contributed by atoms with Crippen LogP contribution < -0.4 is 4.74 Å². The van der Waals surface area contributed by atoms with Gasteiger partial charge in [-0.3, -0.25) is 0 Å². The highest BCUT2D eigenvalue weighted by atomic mass is 16.5. The van der Waals surface area contributed by atoms with Crippen LogP contribution in [-0.4, -0.2) is 12.1 Å². The molecule has 2 heteroatoms. The Balaban J connectivity index is 2.54. The SMILES string of the molecule is C#Cc1cccc(-c2cccnc2OC)c1. The molecular formula is C14H11NO. The number of rotatable bonds is 2. The lowest BCUT2D eigenvalue weighted by Gasteiger charge is -2.06. The Morgan fingerprint density at radius 3 is 2.88 bits per heavy atom. The summed E-state index contributed by atoms with van der Waals surface area (Å²) >= 11 is 0. The number of nitrogens with zero attached hydrogens (tertiary/aromatic N) is 1. The Morgan fingerprint density at radius 1 is 1.25 bits per heavy atom. The van der Waals surface area contributed by atoms with E-state index in [1.165, 1.54) is 0 Å². The maximum atomic E-state index is 5.37. The summed E-state index contributed by atoms with van der Waals surface area (Å²) in [5, 5.41) is 0. The second-order valence-electron chi connectivity index (χ2n) is 3.29. The molecular weight excluding hydrogens is 198 g/mol. The van der Waals surface area contributed by atoms with Crippen LogP contribution >= 0.6 is 0 Å². The topological polar surface area (TPSA) is 22.1 Å². The van der Waals surface area contributed by atoms with E-state index in [1.807, 2.05) is 36.4 Å². The van der Waals surface area contributed by atoms with Crippen LogP contribution in [0.3, 0.4) is 0 Å². The van der Waals surface area contributed by atoms with E-state index in [4.69, 9.17) is 11.2 Å². The lowest BCUT2D eigenvalue weighted by molar-refractivity contribution is 0.399. The van der Waals surface area contributed by atoms with E-state index in [1.54, 1.807) is 13.3 Å². The van der Waals surface area contributed by atoms with E-state index in [0.717, 1.165) is 16.7 Å². The van der Waals surface area contributed by atoms with E-state index in [2.05, 4.69) is 10.9 Å². The molecule has 1 aromatic carbocycles. The standard InChI is InChI=1S/C14H11NO/c1-3-11-6-4-7-12(10-11)13-8-5-9-15-14(13)16-2/h1,4-10H,2H3. The second kappa shape index (κ2) is 4.50. The molecule has 0 aliphatic heterocycles. The highest BCUT2D eigenvalue weighted by Gasteiger charge is 2.05. The molecule has 0 unspecified atom stereocenters. The quantitative estimate of drug-likeness (QED) is 0.709. The molecule has 0 fully saturated rings. The minimum absolute atomic E-state index is 0.608. The minimum Gasteiger partial charge on any atom is -0.481 e. The van der Waals surface area contributed by atoms with Gasteiger partial charge in [-0.15, -0.1) is 6.42 Å². The van der Waals surface area contributed by atoms with Crippen molar-refractivity contribution < 1.29 is 4.74 Å². The molecule has 0 spiro atoms. The van der Waals surface area contributed by atoms with E-state index in [0.29, 0.717) is 5.88 Å². The van der Waals surface area contributed by atoms with Crippen molar-refractivity contribution in [2.24, 2.45) is 0 Å². The van der Waals surface area contributed by atoms with Gasteiger partial charge in [0.05, 0.1) is 7.11 Å². The number of hydrogen-bond acceptors (Lipinski definition) is 2. The minimum atomic E-state index is 0.608. The van der Waals surface area contributed by atoms with Crippen LogP contribution in [0.2, 0.25) is 0 Å². The van der Waals surface area contributed by atoms with E-state index in [9.17, 15) is 0 Å². The number of benzene rings is 1. The first-order valence-corrected chi connectivity index (χ1v) is 4.91. The number of ether oxygens (including phenoxy) is 1. The normalized spacial score (nSPS) is 9.50. The summed E-state index contributed by atoms with van der Waals surface area (Å²) in [6.07, 6.45) is 7.07. The zero-order valence-electron chi connectivity index (χ0n) is 8.97. The summed E-state index contributed by atoms with van der Waals surface area (Å²) in [5.74, 6) is 3.22. The van der Waals surface area contributed by atoms with Gasteiger partial charge >= 0.3 is 0 Å². The van der Waals surface area contributed by atoms with Crippen LogP contribution in [0.15, 0.2) is 42.6 Å². The molecule has 2 rings (SSSR count). The zero-order valence-corrected chi connectivity index (χ0v) is 8.97. The fourth-order valence-corrected chi connectivity index (χ4v) is 1.55. The number of hydrogen-bond donors (Lipinski definition) is 0. The summed E-state index contributed by atoms with van der Waals surface area (Å²) < 4.78 is 5.21. The van der Waals surface area contributed by atoms with Gasteiger partial charge in [0.25, 0.3) is 0 Å². The van der Waals surface area contributed by atoms with Crippen molar-refractivity contribution in [2.45, 2.75) is 0 Å². The van der Waals surface area contributed by atoms with E-state index < -0.39 is 0 Å². The van der Waals surface area contributed by atoms with Crippen molar-refractivity contribution >= 4 is 0 Å².